The van der Waals surface area contributed by atoms with Gasteiger partial charge in [0.2, 0.25) is 5.91 Å². The number of nitrogens with one attached hydrogen (secondary N) is 1. The number of rotatable bonds is 6. The summed E-state index contributed by atoms with van der Waals surface area (Å²) in [4.78, 5) is 22.4. The predicted octanol–water partition coefficient (Wildman–Crippen LogP) is 2.44. The molecule has 98 valence electrons. The van der Waals surface area contributed by atoms with Crippen molar-refractivity contribution < 1.29 is 9.59 Å². The van der Waals surface area contributed by atoms with Crippen LogP contribution in [0.25, 0.3) is 0 Å². The number of carbonyl (C=O) groups excluding carboxylic acids is 2. The van der Waals surface area contributed by atoms with Crippen molar-refractivity contribution in [1.29, 1.82) is 0 Å². The van der Waals surface area contributed by atoms with E-state index in [4.69, 9.17) is 5.73 Å². The second kappa shape index (κ2) is 7.73. The van der Waals surface area contributed by atoms with Crippen LogP contribution in [0.5, 0.6) is 0 Å². The molecule has 0 aliphatic rings. The van der Waals surface area contributed by atoms with Crippen molar-refractivity contribution in [1.82, 2.24) is 5.32 Å². The van der Waals surface area contributed by atoms with E-state index in [1.807, 2.05) is 18.2 Å². The Kier molecular flexibility index (Phi) is 6.62. The Morgan fingerprint density at radius 2 is 2.06 bits per heavy atom. The summed E-state index contributed by atoms with van der Waals surface area (Å²) in [6.07, 6.45) is 1.81. The lowest BCUT2D eigenvalue weighted by molar-refractivity contribution is -0.118. The third-order valence-corrected chi connectivity index (χ3v) is 3.67. The highest BCUT2D eigenvalue weighted by atomic mass is 127. The standard InChI is InChI=1S/C12H14BrIN2O2/c13-10-5-4-8(14)7-9(10)12(18)16-6-2-1-3-11(15)17/h4-5,7H,1-3,6H2,(H2,15,17)(H,16,18). The molecule has 1 aromatic carbocycles. The lowest BCUT2D eigenvalue weighted by Gasteiger charge is -2.07. The Balaban J connectivity index is 2.41. The Bertz CT molecular complexity index is 452. The largest absolute Gasteiger partial charge is 0.370 e. The third kappa shape index (κ3) is 5.34. The van der Waals surface area contributed by atoms with E-state index in [0.29, 0.717) is 24.9 Å². The van der Waals surface area contributed by atoms with Gasteiger partial charge in [-0.15, -0.1) is 0 Å². The third-order valence-electron chi connectivity index (χ3n) is 2.31. The van der Waals surface area contributed by atoms with Crippen LogP contribution in [0.1, 0.15) is 29.6 Å². The number of hydrogen-bond acceptors (Lipinski definition) is 2. The second-order valence-corrected chi connectivity index (χ2v) is 5.90. The van der Waals surface area contributed by atoms with Crippen LogP contribution in [0.2, 0.25) is 0 Å². The van der Waals surface area contributed by atoms with Gasteiger partial charge in [-0.25, -0.2) is 0 Å². The predicted molar refractivity (Wildman–Crippen MR) is 82.2 cm³/mol. The summed E-state index contributed by atoms with van der Waals surface area (Å²) < 4.78 is 1.78. The average molecular weight is 425 g/mol. The number of hydrogen-bond donors (Lipinski definition) is 2. The quantitative estimate of drug-likeness (QED) is 0.543. The van der Waals surface area contributed by atoms with Gasteiger partial charge in [0.05, 0.1) is 5.56 Å². The first-order valence-electron chi connectivity index (χ1n) is 5.52. The Labute approximate surface area is 128 Å². The summed E-state index contributed by atoms with van der Waals surface area (Å²) in [5.41, 5.74) is 5.65. The van der Waals surface area contributed by atoms with Crippen molar-refractivity contribution in [2.24, 2.45) is 5.73 Å². The summed E-state index contributed by atoms with van der Waals surface area (Å²) in [6.45, 7) is 0.546. The average Bonchev–Trinajstić information content (AvgIpc) is 2.31. The van der Waals surface area contributed by atoms with Gasteiger partial charge in [-0.3, -0.25) is 9.59 Å². The van der Waals surface area contributed by atoms with Crippen LogP contribution in [0.3, 0.4) is 0 Å². The summed E-state index contributed by atoms with van der Waals surface area (Å²) in [7, 11) is 0. The molecule has 0 aliphatic heterocycles. The lowest BCUT2D eigenvalue weighted by Crippen LogP contribution is -2.25. The lowest BCUT2D eigenvalue weighted by atomic mass is 10.2. The zero-order chi connectivity index (χ0) is 13.5. The van der Waals surface area contributed by atoms with Gasteiger partial charge in [0.1, 0.15) is 0 Å². The molecular formula is C12H14BrIN2O2. The number of unbranched alkanes of at least 4 members (excludes halogenated alkanes) is 1. The fourth-order valence-electron chi connectivity index (χ4n) is 1.39. The number of primary amides is 1. The van der Waals surface area contributed by atoms with Gasteiger partial charge in [-0.2, -0.15) is 0 Å². The maximum atomic E-state index is 11.9. The SMILES string of the molecule is NC(=O)CCCCNC(=O)c1cc(I)ccc1Br. The molecule has 0 atom stereocenters. The molecule has 0 aliphatic carbocycles. The minimum Gasteiger partial charge on any atom is -0.370 e. The van der Waals surface area contributed by atoms with Gasteiger partial charge in [0.15, 0.2) is 0 Å². The molecule has 4 nitrogen and oxygen atoms in total. The van der Waals surface area contributed by atoms with E-state index >= 15 is 0 Å². The number of halogens is 2. The van der Waals surface area contributed by atoms with Crippen LogP contribution in [0, 0.1) is 3.57 Å². The number of carbonyl (C=O) groups is 2. The molecule has 0 saturated heterocycles. The smallest absolute Gasteiger partial charge is 0.252 e. The van der Waals surface area contributed by atoms with Crippen LogP contribution in [-0.2, 0) is 4.79 Å². The maximum absolute atomic E-state index is 11.9. The Morgan fingerprint density at radius 1 is 1.33 bits per heavy atom. The molecule has 0 unspecified atom stereocenters. The topological polar surface area (TPSA) is 72.2 Å². The summed E-state index contributed by atoms with van der Waals surface area (Å²) in [5, 5.41) is 2.82. The van der Waals surface area contributed by atoms with Crippen LogP contribution in [0.15, 0.2) is 22.7 Å². The fourth-order valence-corrected chi connectivity index (χ4v) is 2.31. The molecule has 3 N–H and O–H groups in total. The fraction of sp³-hybridized carbons (Fsp3) is 0.333. The molecule has 0 saturated carbocycles. The van der Waals surface area contributed by atoms with E-state index in [0.717, 1.165) is 14.5 Å². The first-order chi connectivity index (χ1) is 8.50. The van der Waals surface area contributed by atoms with Crippen molar-refractivity contribution in [3.63, 3.8) is 0 Å². The monoisotopic (exact) mass is 424 g/mol. The maximum Gasteiger partial charge on any atom is 0.252 e. The molecule has 0 aromatic heterocycles. The highest BCUT2D eigenvalue weighted by molar-refractivity contribution is 14.1. The molecule has 0 fully saturated rings. The van der Waals surface area contributed by atoms with Crippen molar-refractivity contribution >= 4 is 50.3 Å². The summed E-state index contributed by atoms with van der Waals surface area (Å²) in [6, 6.07) is 5.60. The molecule has 0 spiro atoms. The van der Waals surface area contributed by atoms with Crippen LogP contribution >= 0.6 is 38.5 Å². The summed E-state index contributed by atoms with van der Waals surface area (Å²) in [5.74, 6) is -0.416. The molecule has 1 aromatic rings. The summed E-state index contributed by atoms with van der Waals surface area (Å²) >= 11 is 5.51. The number of amides is 2. The Morgan fingerprint density at radius 3 is 2.72 bits per heavy atom. The van der Waals surface area contributed by atoms with E-state index in [1.54, 1.807) is 0 Å². The molecule has 0 radical (unpaired) electrons. The van der Waals surface area contributed by atoms with E-state index in [9.17, 15) is 9.59 Å². The normalized spacial score (nSPS) is 10.1. The van der Waals surface area contributed by atoms with Crippen molar-refractivity contribution in [3.05, 3.63) is 31.8 Å². The van der Waals surface area contributed by atoms with Gasteiger partial charge in [-0.1, -0.05) is 0 Å². The van der Waals surface area contributed by atoms with Gasteiger partial charge in [-0.05, 0) is 69.6 Å². The highest BCUT2D eigenvalue weighted by Crippen LogP contribution is 2.19. The zero-order valence-electron chi connectivity index (χ0n) is 9.71. The molecule has 18 heavy (non-hydrogen) atoms. The van der Waals surface area contributed by atoms with E-state index in [-0.39, 0.29) is 11.8 Å². The van der Waals surface area contributed by atoms with Crippen LogP contribution < -0.4 is 11.1 Å². The van der Waals surface area contributed by atoms with E-state index in [1.165, 1.54) is 0 Å². The first kappa shape index (κ1) is 15.4. The van der Waals surface area contributed by atoms with Gasteiger partial charge < -0.3 is 11.1 Å². The number of nitrogens with two attached hydrogens (primary N) is 1. The van der Waals surface area contributed by atoms with Gasteiger partial charge in [0.25, 0.3) is 5.91 Å². The van der Waals surface area contributed by atoms with Gasteiger partial charge >= 0.3 is 0 Å². The number of benzene rings is 1. The van der Waals surface area contributed by atoms with E-state index < -0.39 is 0 Å². The minimum absolute atomic E-state index is 0.112. The molecule has 0 heterocycles. The highest BCUT2D eigenvalue weighted by Gasteiger charge is 2.09. The van der Waals surface area contributed by atoms with Gasteiger partial charge in [0, 0.05) is 21.0 Å². The molecule has 0 bridgehead atoms. The minimum atomic E-state index is -0.304. The van der Waals surface area contributed by atoms with Crippen LogP contribution in [-0.4, -0.2) is 18.4 Å². The molecular weight excluding hydrogens is 411 g/mol. The second-order valence-electron chi connectivity index (χ2n) is 3.80. The zero-order valence-corrected chi connectivity index (χ0v) is 13.5. The van der Waals surface area contributed by atoms with Crippen molar-refractivity contribution in [2.75, 3.05) is 6.54 Å². The molecule has 2 amide bonds. The van der Waals surface area contributed by atoms with Crippen molar-refractivity contribution in [3.8, 4) is 0 Å². The molecule has 6 heteroatoms. The molecule has 1 rings (SSSR count). The van der Waals surface area contributed by atoms with Crippen molar-refractivity contribution in [2.45, 2.75) is 19.3 Å². The first-order valence-corrected chi connectivity index (χ1v) is 7.39. The van der Waals surface area contributed by atoms with Crippen LogP contribution in [0.4, 0.5) is 0 Å². The van der Waals surface area contributed by atoms with E-state index in [2.05, 4.69) is 43.8 Å². The Hall–Kier alpha value is -0.630.